The van der Waals surface area contributed by atoms with Crippen molar-refractivity contribution in [2.75, 3.05) is 20.1 Å². The monoisotopic (exact) mass is 285 g/mol. The number of hydrogen-bond donors (Lipinski definition) is 1. The van der Waals surface area contributed by atoms with E-state index in [1.165, 1.54) is 0 Å². The van der Waals surface area contributed by atoms with Crippen LogP contribution in [0.15, 0.2) is 24.3 Å². The smallest absolute Gasteiger partial charge is 0.230 e. The van der Waals surface area contributed by atoms with Crippen molar-refractivity contribution in [3.63, 3.8) is 0 Å². The third-order valence-electron chi connectivity index (χ3n) is 4.43. The molecular formula is C17H23N3O. The van der Waals surface area contributed by atoms with E-state index < -0.39 is 0 Å². The molecule has 4 nitrogen and oxygen atoms in total. The zero-order chi connectivity index (χ0) is 15.3. The predicted octanol–water partition coefficient (Wildman–Crippen LogP) is 2.30. The van der Waals surface area contributed by atoms with E-state index in [1.807, 2.05) is 25.2 Å². The Balaban J connectivity index is 2.09. The molecule has 0 spiro atoms. The number of carbonyl (C=O) groups excluding carboxylic acids is 1. The molecule has 0 radical (unpaired) electrons. The second kappa shape index (κ2) is 6.73. The average Bonchev–Trinajstić information content (AvgIpc) is 2.54. The molecule has 1 aromatic rings. The van der Waals surface area contributed by atoms with Crippen LogP contribution < -0.4 is 5.32 Å². The van der Waals surface area contributed by atoms with E-state index in [2.05, 4.69) is 18.3 Å². The molecule has 1 unspecified atom stereocenters. The molecule has 21 heavy (non-hydrogen) atoms. The molecule has 1 saturated heterocycles. The van der Waals surface area contributed by atoms with Gasteiger partial charge in [-0.05, 0) is 43.5 Å². The zero-order valence-corrected chi connectivity index (χ0v) is 12.9. The number of hydrogen-bond acceptors (Lipinski definition) is 3. The Hall–Kier alpha value is -1.86. The van der Waals surface area contributed by atoms with Crippen LogP contribution in [0.1, 0.15) is 37.3 Å². The van der Waals surface area contributed by atoms with Crippen molar-refractivity contribution >= 4 is 5.91 Å². The molecule has 2 rings (SSSR count). The summed E-state index contributed by atoms with van der Waals surface area (Å²) in [5.74, 6) is 0.208. The maximum atomic E-state index is 12.8. The molecule has 1 fully saturated rings. The molecule has 1 N–H and O–H groups in total. The molecule has 1 aliphatic rings. The number of rotatable bonds is 4. The summed E-state index contributed by atoms with van der Waals surface area (Å²) < 4.78 is 0. The van der Waals surface area contributed by atoms with Crippen LogP contribution in [-0.4, -0.2) is 30.9 Å². The number of nitrogens with one attached hydrogen (secondary N) is 1. The molecule has 0 saturated carbocycles. The molecule has 0 bridgehead atoms. The quantitative estimate of drug-likeness (QED) is 0.923. The van der Waals surface area contributed by atoms with Crippen LogP contribution in [-0.2, 0) is 11.3 Å². The molecule has 0 aromatic heterocycles. The number of amides is 1. The van der Waals surface area contributed by atoms with E-state index in [4.69, 9.17) is 5.26 Å². The third-order valence-corrected chi connectivity index (χ3v) is 4.43. The Labute approximate surface area is 126 Å². The summed E-state index contributed by atoms with van der Waals surface area (Å²) in [6.07, 6.45) is 2.87. The minimum Gasteiger partial charge on any atom is -0.341 e. The van der Waals surface area contributed by atoms with Crippen molar-refractivity contribution in [3.05, 3.63) is 35.4 Å². The average molecular weight is 285 g/mol. The zero-order valence-electron chi connectivity index (χ0n) is 12.9. The fraction of sp³-hybridized carbons (Fsp3) is 0.529. The Kier molecular flexibility index (Phi) is 4.98. The highest BCUT2D eigenvalue weighted by Crippen LogP contribution is 2.32. The van der Waals surface area contributed by atoms with Crippen LogP contribution in [0.3, 0.4) is 0 Å². The van der Waals surface area contributed by atoms with Crippen LogP contribution in [0.4, 0.5) is 0 Å². The first-order valence-corrected chi connectivity index (χ1v) is 7.56. The van der Waals surface area contributed by atoms with Crippen LogP contribution in [0, 0.1) is 16.7 Å². The van der Waals surface area contributed by atoms with Crippen LogP contribution in [0.5, 0.6) is 0 Å². The van der Waals surface area contributed by atoms with Gasteiger partial charge < -0.3 is 10.2 Å². The summed E-state index contributed by atoms with van der Waals surface area (Å²) in [6, 6.07) is 9.59. The largest absolute Gasteiger partial charge is 0.341 e. The van der Waals surface area contributed by atoms with Crippen molar-refractivity contribution < 1.29 is 4.79 Å². The summed E-state index contributed by atoms with van der Waals surface area (Å²) >= 11 is 0. The summed E-state index contributed by atoms with van der Waals surface area (Å²) in [4.78, 5) is 14.6. The van der Waals surface area contributed by atoms with E-state index in [1.54, 1.807) is 11.0 Å². The summed E-state index contributed by atoms with van der Waals surface area (Å²) in [7, 11) is 1.85. The summed E-state index contributed by atoms with van der Waals surface area (Å²) in [5.41, 5.74) is 1.37. The normalized spacial score (nSPS) is 21.6. The fourth-order valence-electron chi connectivity index (χ4n) is 3.09. The van der Waals surface area contributed by atoms with Crippen molar-refractivity contribution in [3.8, 4) is 6.07 Å². The van der Waals surface area contributed by atoms with Gasteiger partial charge in [0.15, 0.2) is 0 Å². The van der Waals surface area contributed by atoms with Gasteiger partial charge in [-0.25, -0.2) is 0 Å². The lowest BCUT2D eigenvalue weighted by Crippen LogP contribution is -2.50. The molecule has 1 aromatic carbocycles. The van der Waals surface area contributed by atoms with Gasteiger partial charge in [0.1, 0.15) is 0 Å². The molecule has 1 aliphatic heterocycles. The number of nitriles is 1. The lowest BCUT2D eigenvalue weighted by atomic mass is 9.77. The van der Waals surface area contributed by atoms with Gasteiger partial charge in [0, 0.05) is 20.1 Å². The highest BCUT2D eigenvalue weighted by atomic mass is 16.2. The predicted molar refractivity (Wildman–Crippen MR) is 82.5 cm³/mol. The summed E-state index contributed by atoms with van der Waals surface area (Å²) in [6.45, 7) is 4.42. The van der Waals surface area contributed by atoms with Gasteiger partial charge in [0.2, 0.25) is 5.91 Å². The first kappa shape index (κ1) is 15.5. The van der Waals surface area contributed by atoms with E-state index in [9.17, 15) is 4.79 Å². The van der Waals surface area contributed by atoms with Gasteiger partial charge in [-0.15, -0.1) is 0 Å². The van der Waals surface area contributed by atoms with E-state index >= 15 is 0 Å². The number of benzene rings is 1. The van der Waals surface area contributed by atoms with Gasteiger partial charge >= 0.3 is 0 Å². The van der Waals surface area contributed by atoms with Crippen LogP contribution >= 0.6 is 0 Å². The molecular weight excluding hydrogens is 262 g/mol. The SMILES string of the molecule is CCC1(C(=O)N(C)Cc2cccc(C#N)c2)CCCNC1. The number of piperidine rings is 1. The standard InChI is InChI=1S/C17H23N3O/c1-3-17(8-5-9-19-13-17)16(21)20(2)12-15-7-4-6-14(10-15)11-18/h4,6-7,10,19H,3,5,8-9,12-13H2,1-2H3. The first-order valence-electron chi connectivity index (χ1n) is 7.56. The minimum atomic E-state index is -0.264. The maximum Gasteiger partial charge on any atom is 0.230 e. The summed E-state index contributed by atoms with van der Waals surface area (Å²) in [5, 5.41) is 12.3. The van der Waals surface area contributed by atoms with Crippen molar-refractivity contribution in [2.45, 2.75) is 32.7 Å². The van der Waals surface area contributed by atoms with Crippen molar-refractivity contribution in [2.24, 2.45) is 5.41 Å². The van der Waals surface area contributed by atoms with E-state index in [-0.39, 0.29) is 11.3 Å². The highest BCUT2D eigenvalue weighted by Gasteiger charge is 2.39. The van der Waals surface area contributed by atoms with Gasteiger partial charge in [-0.1, -0.05) is 19.1 Å². The minimum absolute atomic E-state index is 0.208. The Bertz CT molecular complexity index is 541. The number of nitrogens with zero attached hydrogens (tertiary/aromatic N) is 2. The second-order valence-electron chi connectivity index (χ2n) is 5.89. The molecule has 112 valence electrons. The number of carbonyl (C=O) groups is 1. The molecule has 0 aliphatic carbocycles. The molecule has 1 amide bonds. The van der Waals surface area contributed by atoms with E-state index in [0.717, 1.165) is 37.9 Å². The molecule has 1 heterocycles. The van der Waals surface area contributed by atoms with Crippen molar-refractivity contribution in [1.82, 2.24) is 10.2 Å². The Morgan fingerprint density at radius 3 is 2.95 bits per heavy atom. The lowest BCUT2D eigenvalue weighted by molar-refractivity contribution is -0.142. The Morgan fingerprint density at radius 2 is 2.33 bits per heavy atom. The van der Waals surface area contributed by atoms with Gasteiger partial charge in [0.05, 0.1) is 17.0 Å². The van der Waals surface area contributed by atoms with Crippen molar-refractivity contribution in [1.29, 1.82) is 5.26 Å². The fourth-order valence-corrected chi connectivity index (χ4v) is 3.09. The van der Waals surface area contributed by atoms with Crippen LogP contribution in [0.2, 0.25) is 0 Å². The molecule has 1 atom stereocenters. The van der Waals surface area contributed by atoms with Crippen LogP contribution in [0.25, 0.3) is 0 Å². The van der Waals surface area contributed by atoms with E-state index in [0.29, 0.717) is 12.1 Å². The molecule has 4 heteroatoms. The van der Waals surface area contributed by atoms with Gasteiger partial charge in [-0.3, -0.25) is 4.79 Å². The third kappa shape index (κ3) is 3.43. The second-order valence-corrected chi connectivity index (χ2v) is 5.89. The van der Waals surface area contributed by atoms with Gasteiger partial charge in [0.25, 0.3) is 0 Å². The lowest BCUT2D eigenvalue weighted by Gasteiger charge is -2.38. The highest BCUT2D eigenvalue weighted by molar-refractivity contribution is 5.83. The first-order chi connectivity index (χ1) is 10.1. The maximum absolute atomic E-state index is 12.8. The Morgan fingerprint density at radius 1 is 1.52 bits per heavy atom. The topological polar surface area (TPSA) is 56.1 Å². The van der Waals surface area contributed by atoms with Gasteiger partial charge in [-0.2, -0.15) is 5.26 Å².